The fourth-order valence-corrected chi connectivity index (χ4v) is 3.69. The number of sulfonamides is 1. The van der Waals surface area contributed by atoms with Crippen LogP contribution in [0.4, 0.5) is 5.13 Å². The fraction of sp³-hybridized carbons (Fsp3) is 0.182. The van der Waals surface area contributed by atoms with Crippen LogP contribution in [0.15, 0.2) is 28.6 Å². The van der Waals surface area contributed by atoms with E-state index in [2.05, 4.69) is 10.3 Å². The highest BCUT2D eigenvalue weighted by Gasteiger charge is 2.17. The molecule has 1 aromatic carbocycles. The van der Waals surface area contributed by atoms with Crippen molar-refractivity contribution < 1.29 is 13.5 Å². The molecule has 2 aromatic rings. The standard InChI is InChI=1S/C11H11Cl2N3O3S2/c12-6-2-1-3-7(13)10(6)8(17)4-15-11-16-5-9(20-11)21(14,18)19/h1-3,5,8,17H,4H2,(H,15,16)(H2,14,18,19). The molecule has 1 unspecified atom stereocenters. The minimum atomic E-state index is -3.77. The number of aliphatic hydroxyl groups excluding tert-OH is 1. The quantitative estimate of drug-likeness (QED) is 0.751. The number of rotatable bonds is 5. The number of hydrogen-bond donors (Lipinski definition) is 3. The van der Waals surface area contributed by atoms with E-state index in [1.54, 1.807) is 18.2 Å². The van der Waals surface area contributed by atoms with Gasteiger partial charge in [-0.2, -0.15) is 0 Å². The van der Waals surface area contributed by atoms with Crippen molar-refractivity contribution in [1.29, 1.82) is 0 Å². The molecular weight excluding hydrogens is 357 g/mol. The van der Waals surface area contributed by atoms with Gasteiger partial charge in [0, 0.05) is 22.2 Å². The zero-order valence-corrected chi connectivity index (χ0v) is 13.6. The highest BCUT2D eigenvalue weighted by Crippen LogP contribution is 2.30. The summed E-state index contributed by atoms with van der Waals surface area (Å²) in [7, 11) is -3.77. The Morgan fingerprint density at radius 3 is 2.52 bits per heavy atom. The van der Waals surface area contributed by atoms with Gasteiger partial charge in [-0.05, 0) is 12.1 Å². The molecule has 0 spiro atoms. The number of nitrogens with zero attached hydrogens (tertiary/aromatic N) is 1. The molecule has 0 fully saturated rings. The Morgan fingerprint density at radius 1 is 1.38 bits per heavy atom. The van der Waals surface area contributed by atoms with E-state index in [9.17, 15) is 13.5 Å². The van der Waals surface area contributed by atoms with E-state index in [1.807, 2.05) is 0 Å². The van der Waals surface area contributed by atoms with Gasteiger partial charge in [0.1, 0.15) is 0 Å². The molecule has 1 aromatic heterocycles. The van der Waals surface area contributed by atoms with Crippen LogP contribution in [0.1, 0.15) is 11.7 Å². The Balaban J connectivity index is 2.08. The predicted octanol–water partition coefficient (Wildman–Crippen LogP) is 2.24. The molecule has 0 aliphatic rings. The first-order chi connectivity index (χ1) is 9.79. The molecule has 10 heteroatoms. The minimum absolute atomic E-state index is 0.0599. The normalized spacial score (nSPS) is 13.1. The monoisotopic (exact) mass is 367 g/mol. The number of nitrogens with two attached hydrogens (primary N) is 1. The first-order valence-corrected chi connectivity index (χ1v) is 8.75. The van der Waals surface area contributed by atoms with Crippen LogP contribution in [0.5, 0.6) is 0 Å². The van der Waals surface area contributed by atoms with Gasteiger partial charge in [0.05, 0.1) is 12.3 Å². The number of aliphatic hydroxyl groups is 1. The molecule has 21 heavy (non-hydrogen) atoms. The number of halogens is 2. The molecule has 0 bridgehead atoms. The summed E-state index contributed by atoms with van der Waals surface area (Å²) in [5, 5.41) is 18.9. The van der Waals surface area contributed by atoms with E-state index in [4.69, 9.17) is 28.3 Å². The van der Waals surface area contributed by atoms with E-state index in [0.29, 0.717) is 20.7 Å². The smallest absolute Gasteiger partial charge is 0.249 e. The number of nitrogens with one attached hydrogen (secondary N) is 1. The van der Waals surface area contributed by atoms with Gasteiger partial charge >= 0.3 is 0 Å². The van der Waals surface area contributed by atoms with Gasteiger partial charge in [-0.15, -0.1) is 0 Å². The first-order valence-electron chi connectivity index (χ1n) is 5.63. The highest BCUT2D eigenvalue weighted by molar-refractivity contribution is 7.91. The first kappa shape index (κ1) is 16.5. The van der Waals surface area contributed by atoms with Crippen LogP contribution < -0.4 is 10.5 Å². The van der Waals surface area contributed by atoms with E-state index in [-0.39, 0.29) is 10.8 Å². The SMILES string of the molecule is NS(=O)(=O)c1cnc(NCC(O)c2c(Cl)cccc2Cl)s1. The highest BCUT2D eigenvalue weighted by atomic mass is 35.5. The molecule has 114 valence electrons. The van der Waals surface area contributed by atoms with Gasteiger partial charge in [-0.25, -0.2) is 18.5 Å². The Labute approximate surface area is 135 Å². The summed E-state index contributed by atoms with van der Waals surface area (Å²) in [6.45, 7) is 0.0705. The number of anilines is 1. The molecule has 1 atom stereocenters. The average molecular weight is 368 g/mol. The van der Waals surface area contributed by atoms with Crippen molar-refractivity contribution in [2.45, 2.75) is 10.3 Å². The summed E-state index contributed by atoms with van der Waals surface area (Å²) in [6.07, 6.45) is 0.185. The molecule has 0 aliphatic heterocycles. The average Bonchev–Trinajstić information content (AvgIpc) is 2.84. The third-order valence-corrected chi connectivity index (χ3v) is 5.57. The van der Waals surface area contributed by atoms with Crippen LogP contribution in [0, 0.1) is 0 Å². The second kappa shape index (κ2) is 6.47. The van der Waals surface area contributed by atoms with E-state index in [0.717, 1.165) is 17.5 Å². The van der Waals surface area contributed by atoms with Crippen LogP contribution in [0.25, 0.3) is 0 Å². The molecule has 6 nitrogen and oxygen atoms in total. The van der Waals surface area contributed by atoms with E-state index in [1.165, 1.54) is 0 Å². The van der Waals surface area contributed by atoms with Crippen LogP contribution >= 0.6 is 34.5 Å². The number of thiazole rings is 1. The summed E-state index contributed by atoms with van der Waals surface area (Å²) in [4.78, 5) is 3.86. The Bertz CT molecular complexity index is 729. The summed E-state index contributed by atoms with van der Waals surface area (Å²) in [6, 6.07) is 4.91. The Kier molecular flexibility index (Phi) is 5.07. The second-order valence-corrected chi connectivity index (χ2v) is 7.69. The number of benzene rings is 1. The molecule has 1 heterocycles. The lowest BCUT2D eigenvalue weighted by Gasteiger charge is -2.14. The maximum absolute atomic E-state index is 11.1. The van der Waals surface area contributed by atoms with Gasteiger partial charge in [0.15, 0.2) is 9.34 Å². The van der Waals surface area contributed by atoms with E-state index >= 15 is 0 Å². The third kappa shape index (κ3) is 4.06. The van der Waals surface area contributed by atoms with Gasteiger partial charge in [-0.3, -0.25) is 0 Å². The summed E-state index contributed by atoms with van der Waals surface area (Å²) >= 11 is 12.9. The van der Waals surface area contributed by atoms with Crippen molar-refractivity contribution in [2.75, 3.05) is 11.9 Å². The lowest BCUT2D eigenvalue weighted by molar-refractivity contribution is 0.192. The molecule has 0 saturated heterocycles. The molecule has 2 rings (SSSR count). The molecular formula is C11H11Cl2N3O3S2. The number of primary sulfonamides is 1. The number of hydrogen-bond acceptors (Lipinski definition) is 6. The van der Waals surface area contributed by atoms with Crippen molar-refractivity contribution >= 4 is 49.7 Å². The topological polar surface area (TPSA) is 105 Å². The molecule has 0 aliphatic carbocycles. The van der Waals surface area contributed by atoms with Gasteiger partial charge in [0.25, 0.3) is 0 Å². The summed E-state index contributed by atoms with van der Waals surface area (Å²) in [5.41, 5.74) is 0.400. The van der Waals surface area contributed by atoms with Gasteiger partial charge in [-0.1, -0.05) is 40.6 Å². The maximum atomic E-state index is 11.1. The molecule has 0 saturated carbocycles. The minimum Gasteiger partial charge on any atom is -0.386 e. The Morgan fingerprint density at radius 2 is 2.00 bits per heavy atom. The van der Waals surface area contributed by atoms with Crippen molar-refractivity contribution in [3.8, 4) is 0 Å². The van der Waals surface area contributed by atoms with E-state index < -0.39 is 16.1 Å². The zero-order chi connectivity index (χ0) is 15.6. The Hall–Kier alpha value is -0.900. The second-order valence-electron chi connectivity index (χ2n) is 4.06. The largest absolute Gasteiger partial charge is 0.386 e. The number of aromatic nitrogens is 1. The van der Waals surface area contributed by atoms with Crippen molar-refractivity contribution in [3.63, 3.8) is 0 Å². The fourth-order valence-electron chi connectivity index (χ4n) is 1.59. The van der Waals surface area contributed by atoms with Gasteiger partial charge in [0.2, 0.25) is 10.0 Å². The third-order valence-electron chi connectivity index (χ3n) is 2.54. The van der Waals surface area contributed by atoms with Crippen molar-refractivity contribution in [2.24, 2.45) is 5.14 Å². The molecule has 0 radical (unpaired) electrons. The van der Waals surface area contributed by atoms with Crippen molar-refractivity contribution in [1.82, 2.24) is 4.98 Å². The zero-order valence-electron chi connectivity index (χ0n) is 10.5. The van der Waals surface area contributed by atoms with Crippen LogP contribution in [-0.4, -0.2) is 25.1 Å². The molecule has 0 amide bonds. The van der Waals surface area contributed by atoms with Crippen LogP contribution in [-0.2, 0) is 10.0 Å². The maximum Gasteiger partial charge on any atom is 0.249 e. The lowest BCUT2D eigenvalue weighted by atomic mass is 10.1. The van der Waals surface area contributed by atoms with Crippen molar-refractivity contribution in [3.05, 3.63) is 40.0 Å². The van der Waals surface area contributed by atoms with Crippen LogP contribution in [0.3, 0.4) is 0 Å². The lowest BCUT2D eigenvalue weighted by Crippen LogP contribution is -2.13. The van der Waals surface area contributed by atoms with Gasteiger partial charge < -0.3 is 10.4 Å². The summed E-state index contributed by atoms with van der Waals surface area (Å²) in [5.74, 6) is 0. The predicted molar refractivity (Wildman–Crippen MR) is 83.4 cm³/mol. The molecule has 4 N–H and O–H groups in total. The summed E-state index contributed by atoms with van der Waals surface area (Å²) < 4.78 is 22.2. The van der Waals surface area contributed by atoms with Crippen LogP contribution in [0.2, 0.25) is 10.0 Å².